The number of carbonyl (C=O) groups excluding carboxylic acids is 2. The number of benzene rings is 1. The number of amides is 1. The molecule has 0 saturated carbocycles. The number of alkyl halides is 3. The van der Waals surface area contributed by atoms with E-state index in [0.29, 0.717) is 18.0 Å². The maximum atomic E-state index is 12.6. The fourth-order valence-electron chi connectivity index (χ4n) is 2.23. The van der Waals surface area contributed by atoms with Crippen LogP contribution >= 0.6 is 11.6 Å². The molecule has 0 spiro atoms. The summed E-state index contributed by atoms with van der Waals surface area (Å²) >= 11 is 5.69. The Morgan fingerprint density at radius 2 is 1.70 bits per heavy atom. The molecular weight excluding hydrogens is 425 g/mol. The minimum absolute atomic E-state index is 0.0182. The van der Waals surface area contributed by atoms with Crippen molar-refractivity contribution in [2.45, 2.75) is 32.4 Å². The number of nitrogens with one attached hydrogen (secondary N) is 1. The number of nitrogens with zero attached hydrogens (tertiary/aromatic N) is 1. The lowest BCUT2D eigenvalue weighted by Gasteiger charge is -2.19. The van der Waals surface area contributed by atoms with E-state index in [-0.39, 0.29) is 11.2 Å². The van der Waals surface area contributed by atoms with Crippen LogP contribution in [0.3, 0.4) is 0 Å². The predicted octanol–water partition coefficient (Wildman–Crippen LogP) is 4.61. The summed E-state index contributed by atoms with van der Waals surface area (Å²) in [6.07, 6.45) is -4.08. The van der Waals surface area contributed by atoms with Gasteiger partial charge in [0.2, 0.25) is 0 Å². The number of anilines is 1. The highest BCUT2D eigenvalue weighted by Crippen LogP contribution is 2.32. The Morgan fingerprint density at radius 3 is 2.23 bits per heavy atom. The number of esters is 1. The Balaban J connectivity index is 1.80. The minimum Gasteiger partial charge on any atom is -0.482 e. The molecule has 2 rings (SSSR count). The standard InChI is InChI=1S/C20H20ClF3N2O4/c1-19(2,3)12-4-6-14(7-5-12)29-11-17(28)30-10-16(27)26-18-15(21)8-13(9-25-18)20(22,23)24/h4-9H,10-11H2,1-3H3,(H,25,26,27). The normalized spacial score (nSPS) is 11.7. The Bertz CT molecular complexity index is 910. The van der Waals surface area contributed by atoms with Crippen molar-refractivity contribution in [2.24, 2.45) is 0 Å². The van der Waals surface area contributed by atoms with Crippen LogP contribution in [-0.2, 0) is 25.9 Å². The van der Waals surface area contributed by atoms with Gasteiger partial charge in [0, 0.05) is 6.20 Å². The highest BCUT2D eigenvalue weighted by Gasteiger charge is 2.31. The van der Waals surface area contributed by atoms with Gasteiger partial charge in [0.05, 0.1) is 10.6 Å². The third kappa shape index (κ3) is 6.91. The number of hydrogen-bond donors (Lipinski definition) is 1. The number of pyridine rings is 1. The summed E-state index contributed by atoms with van der Waals surface area (Å²) in [5.41, 5.74) is 0.0320. The average molecular weight is 445 g/mol. The zero-order chi connectivity index (χ0) is 22.5. The first-order valence-corrected chi connectivity index (χ1v) is 9.15. The van der Waals surface area contributed by atoms with Crippen molar-refractivity contribution in [3.63, 3.8) is 0 Å². The SMILES string of the molecule is CC(C)(C)c1ccc(OCC(=O)OCC(=O)Nc2ncc(C(F)(F)F)cc2Cl)cc1. The summed E-state index contributed by atoms with van der Waals surface area (Å²) in [5.74, 6) is -1.42. The van der Waals surface area contributed by atoms with Gasteiger partial charge in [-0.25, -0.2) is 9.78 Å². The Labute approximate surface area is 176 Å². The lowest BCUT2D eigenvalue weighted by molar-refractivity contribution is -0.149. The molecule has 1 heterocycles. The first-order chi connectivity index (χ1) is 13.9. The molecule has 30 heavy (non-hydrogen) atoms. The molecule has 10 heteroatoms. The molecular formula is C20H20ClF3N2O4. The second kappa shape index (κ2) is 9.34. The van der Waals surface area contributed by atoms with Gasteiger partial charge in [-0.05, 0) is 29.2 Å². The molecule has 0 radical (unpaired) electrons. The van der Waals surface area contributed by atoms with E-state index in [1.165, 1.54) is 0 Å². The first-order valence-electron chi connectivity index (χ1n) is 8.78. The van der Waals surface area contributed by atoms with Crippen LogP contribution in [0, 0.1) is 0 Å². The Kier molecular flexibility index (Phi) is 7.30. The monoisotopic (exact) mass is 444 g/mol. The molecule has 1 aromatic carbocycles. The lowest BCUT2D eigenvalue weighted by atomic mass is 9.87. The van der Waals surface area contributed by atoms with Gasteiger partial charge in [-0.3, -0.25) is 4.79 Å². The molecule has 0 aliphatic rings. The summed E-state index contributed by atoms with van der Waals surface area (Å²) in [5, 5.41) is 1.77. The zero-order valence-electron chi connectivity index (χ0n) is 16.5. The maximum absolute atomic E-state index is 12.6. The predicted molar refractivity (Wildman–Crippen MR) is 104 cm³/mol. The molecule has 1 amide bonds. The summed E-state index contributed by atoms with van der Waals surface area (Å²) in [6.45, 7) is 5.11. The number of carbonyl (C=O) groups is 2. The molecule has 0 saturated heterocycles. The molecule has 162 valence electrons. The van der Waals surface area contributed by atoms with Gasteiger partial charge in [0.15, 0.2) is 19.0 Å². The van der Waals surface area contributed by atoms with E-state index in [1.807, 2.05) is 12.1 Å². The number of halogens is 4. The van der Waals surface area contributed by atoms with Crippen LogP contribution in [-0.4, -0.2) is 30.1 Å². The van der Waals surface area contributed by atoms with Gasteiger partial charge < -0.3 is 14.8 Å². The van der Waals surface area contributed by atoms with Gasteiger partial charge in [0.25, 0.3) is 5.91 Å². The van der Waals surface area contributed by atoms with Crippen molar-refractivity contribution in [1.29, 1.82) is 0 Å². The molecule has 6 nitrogen and oxygen atoms in total. The largest absolute Gasteiger partial charge is 0.482 e. The molecule has 0 atom stereocenters. The van der Waals surface area contributed by atoms with Gasteiger partial charge >= 0.3 is 12.1 Å². The van der Waals surface area contributed by atoms with Crippen molar-refractivity contribution in [2.75, 3.05) is 18.5 Å². The number of hydrogen-bond acceptors (Lipinski definition) is 5. The summed E-state index contributed by atoms with van der Waals surface area (Å²) in [7, 11) is 0. The maximum Gasteiger partial charge on any atom is 0.417 e. The fourth-order valence-corrected chi connectivity index (χ4v) is 2.45. The zero-order valence-corrected chi connectivity index (χ0v) is 17.2. The topological polar surface area (TPSA) is 77.5 Å². The molecule has 0 aliphatic carbocycles. The fraction of sp³-hybridized carbons (Fsp3) is 0.350. The van der Waals surface area contributed by atoms with Gasteiger partial charge in [-0.2, -0.15) is 13.2 Å². The van der Waals surface area contributed by atoms with E-state index < -0.39 is 41.9 Å². The van der Waals surface area contributed by atoms with E-state index in [0.717, 1.165) is 5.56 Å². The van der Waals surface area contributed by atoms with Crippen LogP contribution in [0.2, 0.25) is 5.02 Å². The molecule has 1 N–H and O–H groups in total. The highest BCUT2D eigenvalue weighted by molar-refractivity contribution is 6.33. The molecule has 2 aromatic rings. The molecule has 0 bridgehead atoms. The van der Waals surface area contributed by atoms with E-state index in [4.69, 9.17) is 21.1 Å². The molecule has 0 fully saturated rings. The molecule has 0 aliphatic heterocycles. The van der Waals surface area contributed by atoms with E-state index in [2.05, 4.69) is 31.1 Å². The minimum atomic E-state index is -4.61. The molecule has 1 aromatic heterocycles. The highest BCUT2D eigenvalue weighted by atomic mass is 35.5. The van der Waals surface area contributed by atoms with Crippen LogP contribution < -0.4 is 10.1 Å². The summed E-state index contributed by atoms with van der Waals surface area (Å²) in [4.78, 5) is 27.0. The van der Waals surface area contributed by atoms with Crippen LogP contribution in [0.15, 0.2) is 36.5 Å². The number of aromatic nitrogens is 1. The lowest BCUT2D eigenvalue weighted by Crippen LogP contribution is -2.24. The van der Waals surface area contributed by atoms with Crippen molar-refractivity contribution < 1.29 is 32.2 Å². The summed E-state index contributed by atoms with van der Waals surface area (Å²) in [6, 6.07) is 7.84. The van der Waals surface area contributed by atoms with Crippen LogP contribution in [0.1, 0.15) is 31.9 Å². The Morgan fingerprint density at radius 1 is 1.07 bits per heavy atom. The Hall–Kier alpha value is -2.81. The average Bonchev–Trinajstić information content (AvgIpc) is 2.65. The van der Waals surface area contributed by atoms with Gasteiger partial charge in [-0.15, -0.1) is 0 Å². The van der Waals surface area contributed by atoms with Gasteiger partial charge in [-0.1, -0.05) is 44.5 Å². The van der Waals surface area contributed by atoms with E-state index in [9.17, 15) is 22.8 Å². The van der Waals surface area contributed by atoms with Crippen molar-refractivity contribution in [1.82, 2.24) is 4.98 Å². The summed E-state index contributed by atoms with van der Waals surface area (Å²) < 4.78 is 47.8. The van der Waals surface area contributed by atoms with Gasteiger partial charge in [0.1, 0.15) is 5.75 Å². The van der Waals surface area contributed by atoms with Crippen LogP contribution in [0.5, 0.6) is 5.75 Å². The van der Waals surface area contributed by atoms with Crippen LogP contribution in [0.25, 0.3) is 0 Å². The third-order valence-electron chi connectivity index (χ3n) is 3.87. The molecule has 0 unspecified atom stereocenters. The number of rotatable bonds is 6. The van der Waals surface area contributed by atoms with Crippen molar-refractivity contribution in [3.05, 3.63) is 52.7 Å². The van der Waals surface area contributed by atoms with Crippen LogP contribution in [0.4, 0.5) is 19.0 Å². The van der Waals surface area contributed by atoms with E-state index in [1.54, 1.807) is 12.1 Å². The second-order valence-corrected chi connectivity index (χ2v) is 7.73. The van der Waals surface area contributed by atoms with E-state index >= 15 is 0 Å². The van der Waals surface area contributed by atoms with Crippen molar-refractivity contribution >= 4 is 29.3 Å². The number of ether oxygens (including phenoxy) is 2. The first kappa shape index (κ1) is 23.5. The quantitative estimate of drug-likeness (QED) is 0.658. The smallest absolute Gasteiger partial charge is 0.417 e. The second-order valence-electron chi connectivity index (χ2n) is 7.32. The third-order valence-corrected chi connectivity index (χ3v) is 4.16. The van der Waals surface area contributed by atoms with Crippen molar-refractivity contribution in [3.8, 4) is 5.75 Å².